The Balaban J connectivity index is 1.61. The van der Waals surface area contributed by atoms with Gasteiger partial charge in [-0.25, -0.2) is 29.1 Å². The van der Waals surface area contributed by atoms with E-state index >= 15 is 0 Å². The van der Waals surface area contributed by atoms with Gasteiger partial charge in [0.1, 0.15) is 16.8 Å². The van der Waals surface area contributed by atoms with E-state index in [0.29, 0.717) is 47.5 Å². The molecule has 1 N–H and O–H groups in total. The number of likely N-dealkylation sites (tertiary alicyclic amines) is 1. The van der Waals surface area contributed by atoms with Crippen molar-refractivity contribution in [2.24, 2.45) is 0 Å². The van der Waals surface area contributed by atoms with Gasteiger partial charge in [0, 0.05) is 25.3 Å². The Bertz CT molecular complexity index is 1280. The molecule has 0 aliphatic carbocycles. The summed E-state index contributed by atoms with van der Waals surface area (Å²) in [6.45, 7) is 10.8. The fourth-order valence-corrected chi connectivity index (χ4v) is 4.17. The third-order valence-corrected chi connectivity index (χ3v) is 5.84. The molecule has 0 aromatic carbocycles. The van der Waals surface area contributed by atoms with Gasteiger partial charge >= 0.3 is 6.09 Å². The second-order valence-corrected chi connectivity index (χ2v) is 9.79. The fraction of sp³-hybridized carbons (Fsp3) is 0.435. The van der Waals surface area contributed by atoms with Crippen molar-refractivity contribution in [2.45, 2.75) is 50.5 Å². The summed E-state index contributed by atoms with van der Waals surface area (Å²) >= 11 is 1.40. The Morgan fingerprint density at radius 1 is 1.35 bits per heavy atom. The first-order chi connectivity index (χ1) is 16.2. The second-order valence-electron chi connectivity index (χ2n) is 9.02. The first-order valence-electron chi connectivity index (χ1n) is 11.1. The number of aromatic nitrogens is 5. The van der Waals surface area contributed by atoms with Crippen molar-refractivity contribution in [1.82, 2.24) is 29.2 Å². The summed E-state index contributed by atoms with van der Waals surface area (Å²) in [5.74, 6) is 1.19. The van der Waals surface area contributed by atoms with Crippen LogP contribution in [0.4, 0.5) is 10.6 Å². The number of fused-ring (bicyclic) bond motifs is 1. The van der Waals surface area contributed by atoms with E-state index in [9.17, 15) is 9.59 Å². The molecule has 1 aliphatic heterocycles. The minimum atomic E-state index is -0.529. The minimum absolute atomic E-state index is 0.0393. The van der Waals surface area contributed by atoms with E-state index in [1.807, 2.05) is 45.2 Å². The van der Waals surface area contributed by atoms with Gasteiger partial charge in [-0.15, -0.1) is 6.58 Å². The van der Waals surface area contributed by atoms with E-state index in [-0.39, 0.29) is 17.7 Å². The van der Waals surface area contributed by atoms with Crippen molar-refractivity contribution < 1.29 is 9.53 Å². The van der Waals surface area contributed by atoms with E-state index < -0.39 is 5.60 Å². The Hall–Kier alpha value is -3.34. The highest BCUT2D eigenvalue weighted by Gasteiger charge is 2.30. The molecule has 0 spiro atoms. The van der Waals surface area contributed by atoms with Gasteiger partial charge in [-0.1, -0.05) is 23.9 Å². The number of carbonyl (C=O) groups excluding carboxylic acids is 1. The molecule has 1 fully saturated rings. The normalized spacial score (nSPS) is 16.1. The number of pyridine rings is 1. The standard InChI is InChI=1S/C23H29N7O3S/c1-6-11-29-20(31)16-13-24-21(34-5)27-19(16)30(29)18-9-7-8-17(26-18)25-15-10-12-28(14-15)22(32)33-23(2,3)4/h6-9,13,15H,1,10-12,14H2,2-5H3,(H,25,26)/t15-/m0/s1. The molecule has 180 valence electrons. The molecule has 0 unspecified atom stereocenters. The van der Waals surface area contributed by atoms with Crippen LogP contribution in [0.2, 0.25) is 0 Å². The molecule has 1 saturated heterocycles. The Kier molecular flexibility index (Phi) is 6.65. The van der Waals surface area contributed by atoms with Gasteiger partial charge in [0.2, 0.25) is 0 Å². The molecule has 0 radical (unpaired) electrons. The number of nitrogens with one attached hydrogen (secondary N) is 1. The molecule has 10 nitrogen and oxygen atoms in total. The molecule has 11 heteroatoms. The lowest BCUT2D eigenvalue weighted by Gasteiger charge is -2.24. The molecule has 4 rings (SSSR count). The highest BCUT2D eigenvalue weighted by Crippen LogP contribution is 2.21. The number of hydrogen-bond acceptors (Lipinski definition) is 8. The summed E-state index contributed by atoms with van der Waals surface area (Å²) in [6.07, 6.45) is 5.57. The van der Waals surface area contributed by atoms with Crippen LogP contribution < -0.4 is 10.9 Å². The lowest BCUT2D eigenvalue weighted by molar-refractivity contribution is 0.0293. The average Bonchev–Trinajstić information content (AvgIpc) is 3.36. The first kappa shape index (κ1) is 23.8. The van der Waals surface area contributed by atoms with Crippen LogP contribution in [0, 0.1) is 0 Å². The quantitative estimate of drug-likeness (QED) is 0.323. The van der Waals surface area contributed by atoms with Crippen LogP contribution in [0.5, 0.6) is 0 Å². The van der Waals surface area contributed by atoms with Gasteiger partial charge in [0.25, 0.3) is 5.56 Å². The minimum Gasteiger partial charge on any atom is -0.444 e. The van der Waals surface area contributed by atoms with E-state index in [1.54, 1.807) is 26.5 Å². The van der Waals surface area contributed by atoms with E-state index in [2.05, 4.69) is 21.9 Å². The van der Waals surface area contributed by atoms with Crippen LogP contribution in [0.25, 0.3) is 16.9 Å². The number of thioether (sulfide) groups is 1. The first-order valence-corrected chi connectivity index (χ1v) is 12.3. The molecule has 0 saturated carbocycles. The zero-order chi connectivity index (χ0) is 24.5. The summed E-state index contributed by atoms with van der Waals surface area (Å²) in [7, 11) is 0. The Labute approximate surface area is 202 Å². The monoisotopic (exact) mass is 483 g/mol. The molecule has 0 bridgehead atoms. The smallest absolute Gasteiger partial charge is 0.410 e. The highest BCUT2D eigenvalue weighted by molar-refractivity contribution is 7.98. The predicted octanol–water partition coefficient (Wildman–Crippen LogP) is 3.31. The third kappa shape index (κ3) is 4.93. The SMILES string of the molecule is C=CCn1c(=O)c2cnc(SC)nc2n1-c1cccc(N[C@H]2CCN(C(=O)OC(C)(C)C)C2)n1. The fourth-order valence-electron chi connectivity index (χ4n) is 3.83. The summed E-state index contributed by atoms with van der Waals surface area (Å²) in [5, 5.41) is 4.40. The van der Waals surface area contributed by atoms with Gasteiger partial charge in [0.15, 0.2) is 16.6 Å². The van der Waals surface area contributed by atoms with Crippen LogP contribution in [0.3, 0.4) is 0 Å². The Morgan fingerprint density at radius 3 is 2.85 bits per heavy atom. The maximum Gasteiger partial charge on any atom is 0.410 e. The van der Waals surface area contributed by atoms with Crippen LogP contribution >= 0.6 is 11.8 Å². The molecular formula is C23H29N7O3S. The number of rotatable bonds is 6. The predicted molar refractivity (Wildman–Crippen MR) is 133 cm³/mol. The van der Waals surface area contributed by atoms with Gasteiger partial charge in [-0.3, -0.25) is 4.79 Å². The van der Waals surface area contributed by atoms with Crippen molar-refractivity contribution in [2.75, 3.05) is 24.7 Å². The van der Waals surface area contributed by atoms with Gasteiger partial charge in [0.05, 0.1) is 6.54 Å². The summed E-state index contributed by atoms with van der Waals surface area (Å²) in [4.78, 5) is 40.6. The van der Waals surface area contributed by atoms with Gasteiger partial charge in [-0.05, 0) is 45.6 Å². The molecule has 1 atom stereocenters. The van der Waals surface area contributed by atoms with Crippen molar-refractivity contribution in [3.8, 4) is 5.82 Å². The van der Waals surface area contributed by atoms with E-state index in [4.69, 9.17) is 9.72 Å². The zero-order valence-corrected chi connectivity index (χ0v) is 20.6. The lowest BCUT2D eigenvalue weighted by atomic mass is 10.2. The maximum absolute atomic E-state index is 13.0. The number of hydrogen-bond donors (Lipinski definition) is 1. The summed E-state index contributed by atoms with van der Waals surface area (Å²) in [5.41, 5.74) is -0.238. The second kappa shape index (κ2) is 9.49. The number of anilines is 1. The molecule has 1 aliphatic rings. The van der Waals surface area contributed by atoms with Crippen LogP contribution in [-0.2, 0) is 11.3 Å². The molecule has 3 aromatic rings. The topological polar surface area (TPSA) is 107 Å². The lowest BCUT2D eigenvalue weighted by Crippen LogP contribution is -2.36. The molecule has 34 heavy (non-hydrogen) atoms. The van der Waals surface area contributed by atoms with Crippen molar-refractivity contribution >= 4 is 34.7 Å². The largest absolute Gasteiger partial charge is 0.444 e. The Morgan fingerprint density at radius 2 is 2.15 bits per heavy atom. The van der Waals surface area contributed by atoms with Crippen LogP contribution in [0.1, 0.15) is 27.2 Å². The summed E-state index contributed by atoms with van der Waals surface area (Å²) < 4.78 is 8.73. The van der Waals surface area contributed by atoms with Crippen LogP contribution in [0.15, 0.2) is 47.0 Å². The number of allylic oxidation sites excluding steroid dienone is 1. The number of nitrogens with zero attached hydrogens (tertiary/aromatic N) is 6. The van der Waals surface area contributed by atoms with Crippen molar-refractivity contribution in [1.29, 1.82) is 0 Å². The van der Waals surface area contributed by atoms with Crippen LogP contribution in [-0.4, -0.2) is 66.3 Å². The number of carbonyl (C=O) groups is 1. The van der Waals surface area contributed by atoms with Gasteiger partial charge < -0.3 is 15.0 Å². The van der Waals surface area contributed by atoms with Crippen molar-refractivity contribution in [3.05, 3.63) is 47.4 Å². The molecule has 4 heterocycles. The number of ether oxygens (including phenoxy) is 1. The number of amides is 1. The van der Waals surface area contributed by atoms with E-state index in [0.717, 1.165) is 6.42 Å². The maximum atomic E-state index is 13.0. The molecular weight excluding hydrogens is 454 g/mol. The highest BCUT2D eigenvalue weighted by atomic mass is 32.2. The molecule has 1 amide bonds. The van der Waals surface area contributed by atoms with E-state index in [1.165, 1.54) is 11.8 Å². The summed E-state index contributed by atoms with van der Waals surface area (Å²) in [6, 6.07) is 5.60. The van der Waals surface area contributed by atoms with Crippen molar-refractivity contribution in [3.63, 3.8) is 0 Å². The molecule has 3 aromatic heterocycles. The van der Waals surface area contributed by atoms with Gasteiger partial charge in [-0.2, -0.15) is 0 Å². The zero-order valence-electron chi connectivity index (χ0n) is 19.8. The third-order valence-electron chi connectivity index (χ3n) is 5.28. The average molecular weight is 484 g/mol.